The van der Waals surface area contributed by atoms with Crippen LogP contribution >= 0.6 is 11.3 Å². The predicted molar refractivity (Wildman–Crippen MR) is 79.3 cm³/mol. The highest BCUT2D eigenvalue weighted by Crippen LogP contribution is 2.37. The molecule has 0 radical (unpaired) electrons. The van der Waals surface area contributed by atoms with Crippen LogP contribution in [0.1, 0.15) is 38.3 Å². The number of hydrogen-bond donors (Lipinski definition) is 1. The van der Waals surface area contributed by atoms with Crippen molar-refractivity contribution < 1.29 is 9.53 Å². The number of morpholine rings is 1. The number of aromatic nitrogens is 1. The zero-order valence-electron chi connectivity index (χ0n) is 12.0. The third-order valence-corrected chi connectivity index (χ3v) is 4.71. The van der Waals surface area contributed by atoms with Gasteiger partial charge in [-0.2, -0.15) is 0 Å². The van der Waals surface area contributed by atoms with E-state index in [1.807, 2.05) is 4.90 Å². The Kier molecular flexibility index (Phi) is 3.94. The minimum atomic E-state index is -0.00338. The third kappa shape index (κ3) is 2.81. The van der Waals surface area contributed by atoms with Crippen molar-refractivity contribution in [2.75, 3.05) is 25.1 Å². The minimum Gasteiger partial charge on any atom is -0.377 e. The van der Waals surface area contributed by atoms with E-state index in [0.717, 1.165) is 10.7 Å². The summed E-state index contributed by atoms with van der Waals surface area (Å²) in [5.74, 6) is 0.951. The van der Waals surface area contributed by atoms with Crippen LogP contribution in [0.4, 0.5) is 9.80 Å². The van der Waals surface area contributed by atoms with Crippen LogP contribution < -0.4 is 5.32 Å². The summed E-state index contributed by atoms with van der Waals surface area (Å²) in [5, 5.41) is 3.92. The summed E-state index contributed by atoms with van der Waals surface area (Å²) in [7, 11) is 0. The number of nitrogens with zero attached hydrogens (tertiary/aromatic N) is 2. The summed E-state index contributed by atoms with van der Waals surface area (Å²) in [6, 6.07) is 0.246. The zero-order valence-corrected chi connectivity index (χ0v) is 12.8. The number of rotatable bonds is 3. The molecular weight excluding hydrogens is 274 g/mol. The van der Waals surface area contributed by atoms with E-state index in [-0.39, 0.29) is 12.1 Å². The average molecular weight is 295 g/mol. The summed E-state index contributed by atoms with van der Waals surface area (Å²) in [4.78, 5) is 18.8. The first-order valence-electron chi connectivity index (χ1n) is 7.25. The van der Waals surface area contributed by atoms with Crippen molar-refractivity contribution in [2.45, 2.75) is 38.6 Å². The smallest absolute Gasteiger partial charge is 0.322 e. The van der Waals surface area contributed by atoms with Gasteiger partial charge in [-0.05, 0) is 24.7 Å². The van der Waals surface area contributed by atoms with Gasteiger partial charge in [0.25, 0.3) is 0 Å². The van der Waals surface area contributed by atoms with Crippen LogP contribution in [0.2, 0.25) is 0 Å². The summed E-state index contributed by atoms with van der Waals surface area (Å²) in [5.41, 5.74) is 2.77. The molecule has 6 heteroatoms. The molecule has 0 aromatic carbocycles. The van der Waals surface area contributed by atoms with E-state index in [1.165, 1.54) is 24.2 Å². The quantitative estimate of drug-likeness (QED) is 0.933. The highest BCUT2D eigenvalue weighted by Gasteiger charge is 2.39. The van der Waals surface area contributed by atoms with Crippen molar-refractivity contribution in [3.8, 4) is 0 Å². The Labute approximate surface area is 123 Å². The van der Waals surface area contributed by atoms with Crippen LogP contribution in [0.5, 0.6) is 0 Å². The maximum absolute atomic E-state index is 12.5. The second-order valence-electron chi connectivity index (χ2n) is 5.82. The highest BCUT2D eigenvalue weighted by molar-refractivity contribution is 7.14. The molecule has 1 saturated carbocycles. The lowest BCUT2D eigenvalue weighted by molar-refractivity contribution is 0.00774. The molecule has 20 heavy (non-hydrogen) atoms. The van der Waals surface area contributed by atoms with Crippen LogP contribution in [0, 0.1) is 5.92 Å². The fourth-order valence-electron chi connectivity index (χ4n) is 2.68. The van der Waals surface area contributed by atoms with E-state index in [4.69, 9.17) is 4.74 Å². The molecule has 1 N–H and O–H groups in total. The van der Waals surface area contributed by atoms with Crippen molar-refractivity contribution in [2.24, 2.45) is 5.92 Å². The molecule has 2 fully saturated rings. The number of amides is 2. The van der Waals surface area contributed by atoms with Gasteiger partial charge in [0.15, 0.2) is 0 Å². The van der Waals surface area contributed by atoms with Crippen LogP contribution in [0.25, 0.3) is 0 Å². The van der Waals surface area contributed by atoms with Gasteiger partial charge in [0.2, 0.25) is 0 Å². The van der Waals surface area contributed by atoms with Gasteiger partial charge in [-0.3, -0.25) is 5.32 Å². The molecule has 1 saturated heterocycles. The monoisotopic (exact) mass is 295 g/mol. The molecule has 1 unspecified atom stereocenters. The Morgan fingerprint density at radius 1 is 1.55 bits per heavy atom. The van der Waals surface area contributed by atoms with Crippen molar-refractivity contribution in [3.05, 3.63) is 11.2 Å². The standard InChI is InChI=1S/C14H21N3O2S/c1-9(2)12-13(20-8-15-12)16-14(18)17-5-6-19-7-11(17)10-3-4-10/h8-11H,3-7H2,1-2H3,(H,16,18). The van der Waals surface area contributed by atoms with Gasteiger partial charge in [-0.15, -0.1) is 11.3 Å². The van der Waals surface area contributed by atoms with Crippen molar-refractivity contribution >= 4 is 22.4 Å². The third-order valence-electron chi connectivity index (χ3n) is 3.95. The largest absolute Gasteiger partial charge is 0.377 e. The fraction of sp³-hybridized carbons (Fsp3) is 0.714. The second kappa shape index (κ2) is 5.69. The molecular formula is C14H21N3O2S. The first-order valence-corrected chi connectivity index (χ1v) is 8.13. The first-order chi connectivity index (χ1) is 9.66. The Bertz CT molecular complexity index is 485. The summed E-state index contributed by atoms with van der Waals surface area (Å²) < 4.78 is 5.53. The molecule has 110 valence electrons. The number of nitrogens with one attached hydrogen (secondary N) is 1. The van der Waals surface area contributed by atoms with Gasteiger partial charge < -0.3 is 9.64 Å². The number of carbonyl (C=O) groups excluding carboxylic acids is 1. The number of anilines is 1. The van der Waals surface area contributed by atoms with Gasteiger partial charge >= 0.3 is 6.03 Å². The van der Waals surface area contributed by atoms with Crippen LogP contribution in [0.15, 0.2) is 5.51 Å². The molecule has 1 atom stereocenters. The van der Waals surface area contributed by atoms with Gasteiger partial charge in [0.05, 0.1) is 30.5 Å². The number of ether oxygens (including phenoxy) is 1. The lowest BCUT2D eigenvalue weighted by Gasteiger charge is -2.35. The lowest BCUT2D eigenvalue weighted by Crippen LogP contribution is -2.51. The normalized spacial score (nSPS) is 23.1. The van der Waals surface area contributed by atoms with E-state index in [1.54, 1.807) is 5.51 Å². The van der Waals surface area contributed by atoms with Crippen LogP contribution in [-0.2, 0) is 4.74 Å². The Hall–Kier alpha value is -1.14. The number of hydrogen-bond acceptors (Lipinski definition) is 4. The first kappa shape index (κ1) is 13.8. The summed E-state index contributed by atoms with van der Waals surface area (Å²) >= 11 is 1.49. The molecule has 1 aromatic heterocycles. The maximum Gasteiger partial charge on any atom is 0.322 e. The predicted octanol–water partition coefficient (Wildman–Crippen LogP) is 2.91. The molecule has 0 spiro atoms. The van der Waals surface area contributed by atoms with Crippen LogP contribution in [-0.4, -0.2) is 41.7 Å². The highest BCUT2D eigenvalue weighted by atomic mass is 32.1. The van der Waals surface area contributed by atoms with E-state index < -0.39 is 0 Å². The maximum atomic E-state index is 12.5. The van der Waals surface area contributed by atoms with E-state index >= 15 is 0 Å². The number of carbonyl (C=O) groups is 1. The van der Waals surface area contributed by atoms with Gasteiger partial charge in [-0.25, -0.2) is 9.78 Å². The molecule has 0 bridgehead atoms. The fourth-order valence-corrected chi connectivity index (χ4v) is 3.50. The molecule has 3 rings (SSSR count). The van der Waals surface area contributed by atoms with E-state index in [9.17, 15) is 4.79 Å². The Balaban J connectivity index is 1.69. The zero-order chi connectivity index (χ0) is 14.1. The number of thiazole rings is 1. The van der Waals surface area contributed by atoms with Crippen LogP contribution in [0.3, 0.4) is 0 Å². The topological polar surface area (TPSA) is 54.5 Å². The Morgan fingerprint density at radius 2 is 2.35 bits per heavy atom. The van der Waals surface area contributed by atoms with Gasteiger partial charge in [-0.1, -0.05) is 13.8 Å². The molecule has 2 amide bonds. The van der Waals surface area contributed by atoms with Crippen molar-refractivity contribution in [1.82, 2.24) is 9.88 Å². The lowest BCUT2D eigenvalue weighted by atomic mass is 10.1. The number of urea groups is 1. The van der Waals surface area contributed by atoms with Gasteiger partial charge in [0.1, 0.15) is 5.00 Å². The molecule has 2 aliphatic rings. The molecule has 2 heterocycles. The second-order valence-corrected chi connectivity index (χ2v) is 6.68. The van der Waals surface area contributed by atoms with Crippen molar-refractivity contribution in [3.63, 3.8) is 0 Å². The molecule has 1 aliphatic heterocycles. The molecule has 1 aromatic rings. The molecule has 1 aliphatic carbocycles. The molecule has 5 nitrogen and oxygen atoms in total. The summed E-state index contributed by atoms with van der Waals surface area (Å²) in [6.07, 6.45) is 2.44. The Morgan fingerprint density at radius 3 is 3.05 bits per heavy atom. The minimum absolute atomic E-state index is 0.00338. The average Bonchev–Trinajstić information content (AvgIpc) is 3.18. The SMILES string of the molecule is CC(C)c1ncsc1NC(=O)N1CCOCC1C1CC1. The van der Waals surface area contributed by atoms with Crippen molar-refractivity contribution in [1.29, 1.82) is 0 Å². The summed E-state index contributed by atoms with van der Waals surface area (Å²) in [6.45, 7) is 6.18. The van der Waals surface area contributed by atoms with E-state index in [2.05, 4.69) is 24.1 Å². The van der Waals surface area contributed by atoms with Gasteiger partial charge in [0, 0.05) is 6.54 Å². The van der Waals surface area contributed by atoms with E-state index in [0.29, 0.717) is 31.6 Å².